The molecule has 106 valence electrons. The van der Waals surface area contributed by atoms with Crippen molar-refractivity contribution in [2.24, 2.45) is 0 Å². The average molecular weight is 282 g/mol. The minimum absolute atomic E-state index is 0.704. The molecule has 1 fully saturated rings. The molecule has 1 N–H and O–H groups in total. The molecule has 0 amide bonds. The van der Waals surface area contributed by atoms with E-state index in [1.165, 1.54) is 12.8 Å². The van der Waals surface area contributed by atoms with E-state index in [0.29, 0.717) is 6.04 Å². The van der Waals surface area contributed by atoms with Crippen LogP contribution >= 0.6 is 11.6 Å². The predicted octanol–water partition coefficient (Wildman–Crippen LogP) is 3.61. The van der Waals surface area contributed by atoms with Gasteiger partial charge in [0, 0.05) is 31.9 Å². The van der Waals surface area contributed by atoms with Gasteiger partial charge < -0.3 is 10.2 Å². The monoisotopic (exact) mass is 281 g/mol. The van der Waals surface area contributed by atoms with Crippen molar-refractivity contribution in [3.05, 3.63) is 22.8 Å². The summed E-state index contributed by atoms with van der Waals surface area (Å²) in [6.45, 7) is 7.36. The summed E-state index contributed by atoms with van der Waals surface area (Å²) in [6.07, 6.45) is 6.67. The molecule has 2 rings (SSSR count). The second kappa shape index (κ2) is 7.11. The van der Waals surface area contributed by atoms with Crippen molar-refractivity contribution >= 4 is 17.4 Å². The molecule has 0 bridgehead atoms. The highest BCUT2D eigenvalue weighted by atomic mass is 35.5. The molecule has 1 heterocycles. The van der Waals surface area contributed by atoms with Gasteiger partial charge in [-0.2, -0.15) is 0 Å². The lowest BCUT2D eigenvalue weighted by Gasteiger charge is -2.23. The molecule has 0 spiro atoms. The van der Waals surface area contributed by atoms with Gasteiger partial charge in [0.25, 0.3) is 0 Å². The van der Waals surface area contributed by atoms with E-state index in [1.807, 2.05) is 0 Å². The minimum Gasteiger partial charge on any atom is -0.357 e. The average Bonchev–Trinajstić information content (AvgIpc) is 3.22. The van der Waals surface area contributed by atoms with E-state index in [0.717, 1.165) is 48.9 Å². The Morgan fingerprint density at radius 2 is 2.00 bits per heavy atom. The Morgan fingerprint density at radius 1 is 1.32 bits per heavy atom. The first-order chi connectivity index (χ1) is 9.24. The van der Waals surface area contributed by atoms with Crippen LogP contribution in [0.15, 0.2) is 12.3 Å². The van der Waals surface area contributed by atoms with Gasteiger partial charge in [-0.05, 0) is 37.3 Å². The minimum atomic E-state index is 0.704. The molecule has 1 aromatic rings. The Balaban J connectivity index is 2.07. The number of halogens is 1. The third-order valence-corrected chi connectivity index (χ3v) is 3.73. The van der Waals surface area contributed by atoms with E-state index < -0.39 is 0 Å². The predicted molar refractivity (Wildman–Crippen MR) is 81.9 cm³/mol. The molecule has 4 heteroatoms. The van der Waals surface area contributed by atoms with Gasteiger partial charge >= 0.3 is 0 Å². The summed E-state index contributed by atoms with van der Waals surface area (Å²) in [6, 6.07) is 2.85. The smallest absolute Gasteiger partial charge is 0.128 e. The molecule has 0 radical (unpaired) electrons. The SMILES string of the molecule is CCCN(CCC)c1cc(CNC2CC2)c(Cl)cn1. The van der Waals surface area contributed by atoms with E-state index in [-0.39, 0.29) is 0 Å². The molecule has 1 aliphatic carbocycles. The van der Waals surface area contributed by atoms with Crippen LogP contribution in [0.25, 0.3) is 0 Å². The van der Waals surface area contributed by atoms with Crippen LogP contribution in [0, 0.1) is 0 Å². The lowest BCUT2D eigenvalue weighted by molar-refractivity contribution is 0.684. The number of pyridine rings is 1. The number of rotatable bonds is 8. The first-order valence-corrected chi connectivity index (χ1v) is 7.75. The number of hydrogen-bond acceptors (Lipinski definition) is 3. The Labute approximate surface area is 121 Å². The van der Waals surface area contributed by atoms with Crippen molar-refractivity contribution < 1.29 is 0 Å². The van der Waals surface area contributed by atoms with Crippen LogP contribution in [0.4, 0.5) is 5.82 Å². The highest BCUT2D eigenvalue weighted by Gasteiger charge is 2.20. The molecule has 19 heavy (non-hydrogen) atoms. The van der Waals surface area contributed by atoms with Crippen LogP contribution in [-0.4, -0.2) is 24.1 Å². The maximum atomic E-state index is 6.24. The maximum absolute atomic E-state index is 6.24. The fourth-order valence-corrected chi connectivity index (χ4v) is 2.37. The van der Waals surface area contributed by atoms with Gasteiger partial charge in [-0.25, -0.2) is 4.98 Å². The van der Waals surface area contributed by atoms with Crippen molar-refractivity contribution in [3.63, 3.8) is 0 Å². The van der Waals surface area contributed by atoms with E-state index >= 15 is 0 Å². The zero-order chi connectivity index (χ0) is 13.7. The fourth-order valence-electron chi connectivity index (χ4n) is 2.20. The molecule has 1 aromatic heterocycles. The molecular weight excluding hydrogens is 258 g/mol. The van der Waals surface area contributed by atoms with Crippen LogP contribution in [0.5, 0.6) is 0 Å². The van der Waals surface area contributed by atoms with Crippen molar-refractivity contribution in [3.8, 4) is 0 Å². The van der Waals surface area contributed by atoms with Gasteiger partial charge in [0.05, 0.1) is 5.02 Å². The van der Waals surface area contributed by atoms with Gasteiger partial charge in [-0.15, -0.1) is 0 Å². The van der Waals surface area contributed by atoms with Crippen LogP contribution in [0.3, 0.4) is 0 Å². The summed E-state index contributed by atoms with van der Waals surface area (Å²) < 4.78 is 0. The molecule has 1 saturated carbocycles. The van der Waals surface area contributed by atoms with Gasteiger partial charge in [0.2, 0.25) is 0 Å². The quantitative estimate of drug-likeness (QED) is 0.789. The van der Waals surface area contributed by atoms with Crippen molar-refractivity contribution in [2.75, 3.05) is 18.0 Å². The molecule has 0 saturated heterocycles. The van der Waals surface area contributed by atoms with E-state index in [2.05, 4.69) is 35.1 Å². The molecule has 0 atom stereocenters. The number of aromatic nitrogens is 1. The molecule has 0 unspecified atom stereocenters. The highest BCUT2D eigenvalue weighted by Crippen LogP contribution is 2.24. The van der Waals surface area contributed by atoms with E-state index in [9.17, 15) is 0 Å². The third-order valence-electron chi connectivity index (χ3n) is 3.39. The summed E-state index contributed by atoms with van der Waals surface area (Å²) in [5.74, 6) is 1.06. The molecule has 3 nitrogen and oxygen atoms in total. The fraction of sp³-hybridized carbons (Fsp3) is 0.667. The van der Waals surface area contributed by atoms with Crippen molar-refractivity contribution in [1.29, 1.82) is 0 Å². The number of nitrogens with zero attached hydrogens (tertiary/aromatic N) is 2. The maximum Gasteiger partial charge on any atom is 0.128 e. The summed E-state index contributed by atoms with van der Waals surface area (Å²) in [4.78, 5) is 6.83. The normalized spacial score (nSPS) is 14.7. The number of nitrogens with one attached hydrogen (secondary N) is 1. The Hall–Kier alpha value is -0.800. The first kappa shape index (κ1) is 14.6. The molecule has 1 aliphatic rings. The van der Waals surface area contributed by atoms with E-state index in [4.69, 9.17) is 11.6 Å². The summed E-state index contributed by atoms with van der Waals surface area (Å²) >= 11 is 6.24. The Bertz CT molecular complexity index is 398. The Kier molecular flexibility index (Phi) is 5.46. The zero-order valence-corrected chi connectivity index (χ0v) is 12.7. The third kappa shape index (κ3) is 4.36. The summed E-state index contributed by atoms with van der Waals surface area (Å²) in [5.41, 5.74) is 1.16. The molecule has 0 aliphatic heterocycles. The van der Waals surface area contributed by atoms with Gasteiger partial charge in [-0.1, -0.05) is 25.4 Å². The summed E-state index contributed by atoms with van der Waals surface area (Å²) in [7, 11) is 0. The van der Waals surface area contributed by atoms with Crippen molar-refractivity contribution in [1.82, 2.24) is 10.3 Å². The standard InChI is InChI=1S/C15H24ClN3/c1-3-7-19(8-4-2)15-9-12(14(16)11-18-15)10-17-13-5-6-13/h9,11,13,17H,3-8,10H2,1-2H3. The zero-order valence-electron chi connectivity index (χ0n) is 12.0. The molecule has 0 aromatic carbocycles. The second-order valence-electron chi connectivity index (χ2n) is 5.28. The number of hydrogen-bond donors (Lipinski definition) is 1. The van der Waals surface area contributed by atoms with Crippen LogP contribution in [-0.2, 0) is 6.54 Å². The van der Waals surface area contributed by atoms with Gasteiger partial charge in [0.15, 0.2) is 0 Å². The van der Waals surface area contributed by atoms with Crippen molar-refractivity contribution in [2.45, 2.75) is 52.1 Å². The second-order valence-corrected chi connectivity index (χ2v) is 5.68. The highest BCUT2D eigenvalue weighted by molar-refractivity contribution is 6.31. The lowest BCUT2D eigenvalue weighted by atomic mass is 10.2. The Morgan fingerprint density at radius 3 is 2.58 bits per heavy atom. The van der Waals surface area contributed by atoms with Gasteiger partial charge in [0.1, 0.15) is 5.82 Å². The molecular formula is C15H24ClN3. The van der Waals surface area contributed by atoms with Gasteiger partial charge in [-0.3, -0.25) is 0 Å². The first-order valence-electron chi connectivity index (χ1n) is 7.37. The number of anilines is 1. The van der Waals surface area contributed by atoms with E-state index in [1.54, 1.807) is 6.20 Å². The van der Waals surface area contributed by atoms with Crippen LogP contribution in [0.1, 0.15) is 45.1 Å². The largest absolute Gasteiger partial charge is 0.357 e. The lowest BCUT2D eigenvalue weighted by Crippen LogP contribution is -2.26. The van der Waals surface area contributed by atoms with Crippen LogP contribution < -0.4 is 10.2 Å². The summed E-state index contributed by atoms with van der Waals surface area (Å²) in [5, 5.41) is 4.28. The topological polar surface area (TPSA) is 28.2 Å². The van der Waals surface area contributed by atoms with Crippen LogP contribution in [0.2, 0.25) is 5.02 Å².